The molecular formula is C15H11N3O4. The first-order valence-electron chi connectivity index (χ1n) is 6.27. The highest BCUT2D eigenvalue weighted by Gasteiger charge is 2.15. The number of anilines is 1. The lowest BCUT2D eigenvalue weighted by molar-refractivity contribution is -0.385. The number of para-hydroxylation sites is 3. The van der Waals surface area contributed by atoms with Gasteiger partial charge in [0.25, 0.3) is 5.91 Å². The second-order valence-electron chi connectivity index (χ2n) is 4.22. The van der Waals surface area contributed by atoms with E-state index in [-0.39, 0.29) is 11.4 Å². The second-order valence-corrected chi connectivity index (χ2v) is 4.22. The fraction of sp³-hybridized carbons (Fsp3) is 0.0667. The Kier molecular flexibility index (Phi) is 4.67. The summed E-state index contributed by atoms with van der Waals surface area (Å²) < 4.78 is 5.17. The van der Waals surface area contributed by atoms with Gasteiger partial charge in [0.1, 0.15) is 6.07 Å². The number of hydrogen-bond acceptors (Lipinski definition) is 5. The SMILES string of the molecule is N#Cc1ccccc1NC(=O)COc1ccccc1[N+](=O)[O-]. The van der Waals surface area contributed by atoms with Gasteiger partial charge in [0.05, 0.1) is 16.2 Å². The predicted octanol–water partition coefficient (Wildman–Crippen LogP) is 2.48. The normalized spacial score (nSPS) is 9.59. The number of nitrogens with zero attached hydrogens (tertiary/aromatic N) is 2. The van der Waals surface area contributed by atoms with Crippen molar-refractivity contribution in [3.63, 3.8) is 0 Å². The molecule has 2 aromatic carbocycles. The molecule has 0 heterocycles. The van der Waals surface area contributed by atoms with Gasteiger partial charge in [-0.1, -0.05) is 24.3 Å². The van der Waals surface area contributed by atoms with Crippen LogP contribution in [0.4, 0.5) is 11.4 Å². The van der Waals surface area contributed by atoms with E-state index in [0.29, 0.717) is 11.3 Å². The van der Waals surface area contributed by atoms with Crippen LogP contribution in [0.1, 0.15) is 5.56 Å². The molecule has 7 heteroatoms. The largest absolute Gasteiger partial charge is 0.477 e. The number of hydrogen-bond donors (Lipinski definition) is 1. The topological polar surface area (TPSA) is 105 Å². The van der Waals surface area contributed by atoms with Crippen molar-refractivity contribution in [2.75, 3.05) is 11.9 Å². The maximum absolute atomic E-state index is 11.8. The van der Waals surface area contributed by atoms with Crippen molar-refractivity contribution in [1.82, 2.24) is 0 Å². The Bertz CT molecular complexity index is 752. The number of benzene rings is 2. The summed E-state index contributed by atoms with van der Waals surface area (Å²) in [6.07, 6.45) is 0. The van der Waals surface area contributed by atoms with E-state index in [1.54, 1.807) is 30.3 Å². The summed E-state index contributed by atoms with van der Waals surface area (Å²) in [6.45, 7) is -0.398. The van der Waals surface area contributed by atoms with E-state index in [2.05, 4.69) is 5.32 Å². The molecular weight excluding hydrogens is 286 g/mol. The first-order chi connectivity index (χ1) is 10.6. The van der Waals surface area contributed by atoms with Gasteiger partial charge in [-0.2, -0.15) is 5.26 Å². The first kappa shape index (κ1) is 15.0. The number of carbonyl (C=O) groups is 1. The molecule has 0 unspecified atom stereocenters. The molecule has 7 nitrogen and oxygen atoms in total. The molecule has 22 heavy (non-hydrogen) atoms. The third kappa shape index (κ3) is 3.58. The Balaban J connectivity index is 2.02. The van der Waals surface area contributed by atoms with Crippen LogP contribution in [0.2, 0.25) is 0 Å². The zero-order valence-corrected chi connectivity index (χ0v) is 11.4. The fourth-order valence-electron chi connectivity index (χ4n) is 1.75. The Morgan fingerprint density at radius 1 is 1.23 bits per heavy atom. The Hall–Kier alpha value is -3.40. The average molecular weight is 297 g/mol. The Morgan fingerprint density at radius 2 is 1.91 bits per heavy atom. The van der Waals surface area contributed by atoms with Crippen LogP contribution in [-0.2, 0) is 4.79 Å². The van der Waals surface area contributed by atoms with Crippen LogP contribution in [-0.4, -0.2) is 17.4 Å². The minimum Gasteiger partial charge on any atom is -0.477 e. The summed E-state index contributed by atoms with van der Waals surface area (Å²) in [7, 11) is 0. The number of rotatable bonds is 5. The highest BCUT2D eigenvalue weighted by Crippen LogP contribution is 2.25. The van der Waals surface area contributed by atoms with Crippen molar-refractivity contribution < 1.29 is 14.5 Å². The minimum atomic E-state index is -0.585. The average Bonchev–Trinajstić information content (AvgIpc) is 2.53. The van der Waals surface area contributed by atoms with Gasteiger partial charge in [0, 0.05) is 6.07 Å². The van der Waals surface area contributed by atoms with Crippen molar-refractivity contribution in [2.24, 2.45) is 0 Å². The Morgan fingerprint density at radius 3 is 2.64 bits per heavy atom. The summed E-state index contributed by atoms with van der Waals surface area (Å²) in [4.78, 5) is 22.1. The molecule has 0 aliphatic heterocycles. The van der Waals surface area contributed by atoms with E-state index in [1.165, 1.54) is 18.2 Å². The minimum absolute atomic E-state index is 0.0104. The van der Waals surface area contributed by atoms with Crippen LogP contribution in [0.15, 0.2) is 48.5 Å². The third-order valence-corrected chi connectivity index (χ3v) is 2.74. The fourth-order valence-corrected chi connectivity index (χ4v) is 1.75. The van der Waals surface area contributed by atoms with Gasteiger partial charge < -0.3 is 10.1 Å². The van der Waals surface area contributed by atoms with Gasteiger partial charge in [-0.3, -0.25) is 14.9 Å². The third-order valence-electron chi connectivity index (χ3n) is 2.74. The number of nitro benzene ring substituents is 1. The van der Waals surface area contributed by atoms with E-state index in [1.807, 2.05) is 6.07 Å². The zero-order valence-electron chi connectivity index (χ0n) is 11.4. The lowest BCUT2D eigenvalue weighted by Gasteiger charge is -2.08. The van der Waals surface area contributed by atoms with E-state index in [9.17, 15) is 14.9 Å². The van der Waals surface area contributed by atoms with Gasteiger partial charge in [-0.05, 0) is 18.2 Å². The quantitative estimate of drug-likeness (QED) is 0.674. The molecule has 0 aromatic heterocycles. The molecule has 2 aromatic rings. The van der Waals surface area contributed by atoms with E-state index in [0.717, 1.165) is 0 Å². The van der Waals surface area contributed by atoms with Crippen LogP contribution in [0.5, 0.6) is 5.75 Å². The number of carbonyl (C=O) groups excluding carboxylic acids is 1. The predicted molar refractivity (Wildman–Crippen MR) is 78.4 cm³/mol. The van der Waals surface area contributed by atoms with Gasteiger partial charge in [0.15, 0.2) is 12.4 Å². The van der Waals surface area contributed by atoms with Crippen LogP contribution < -0.4 is 10.1 Å². The second kappa shape index (κ2) is 6.85. The lowest BCUT2D eigenvalue weighted by atomic mass is 10.2. The molecule has 0 aliphatic carbocycles. The molecule has 0 aliphatic rings. The number of nitro groups is 1. The van der Waals surface area contributed by atoms with Crippen LogP contribution in [0, 0.1) is 21.4 Å². The zero-order chi connectivity index (χ0) is 15.9. The van der Waals surface area contributed by atoms with Crippen molar-refractivity contribution in [3.05, 3.63) is 64.2 Å². The van der Waals surface area contributed by atoms with Crippen molar-refractivity contribution in [3.8, 4) is 11.8 Å². The molecule has 0 spiro atoms. The lowest BCUT2D eigenvalue weighted by Crippen LogP contribution is -2.21. The summed E-state index contributed by atoms with van der Waals surface area (Å²) >= 11 is 0. The van der Waals surface area contributed by atoms with Crippen molar-refractivity contribution in [1.29, 1.82) is 5.26 Å². The summed E-state index contributed by atoms with van der Waals surface area (Å²) in [5.74, 6) is -0.503. The van der Waals surface area contributed by atoms with Crippen molar-refractivity contribution >= 4 is 17.3 Å². The van der Waals surface area contributed by atoms with Gasteiger partial charge in [0.2, 0.25) is 0 Å². The molecule has 0 radical (unpaired) electrons. The standard InChI is InChI=1S/C15H11N3O4/c16-9-11-5-1-2-6-12(11)17-15(19)10-22-14-8-4-3-7-13(14)18(20)21/h1-8H,10H2,(H,17,19). The number of amides is 1. The molecule has 1 amide bonds. The molecule has 0 saturated heterocycles. The molecule has 0 atom stereocenters. The molecule has 0 fully saturated rings. The number of ether oxygens (including phenoxy) is 1. The summed E-state index contributed by atoms with van der Waals surface area (Å²) in [5, 5.41) is 22.3. The van der Waals surface area contributed by atoms with E-state index in [4.69, 9.17) is 10.00 Å². The van der Waals surface area contributed by atoms with E-state index >= 15 is 0 Å². The molecule has 110 valence electrons. The highest BCUT2D eigenvalue weighted by atomic mass is 16.6. The molecule has 0 saturated carbocycles. The van der Waals surface area contributed by atoms with Crippen LogP contribution in [0.25, 0.3) is 0 Å². The molecule has 0 bridgehead atoms. The van der Waals surface area contributed by atoms with Gasteiger partial charge in [-0.25, -0.2) is 0 Å². The first-order valence-corrected chi connectivity index (χ1v) is 6.27. The number of nitrogens with one attached hydrogen (secondary N) is 1. The van der Waals surface area contributed by atoms with Gasteiger partial charge in [-0.15, -0.1) is 0 Å². The van der Waals surface area contributed by atoms with Crippen LogP contribution >= 0.6 is 0 Å². The van der Waals surface area contributed by atoms with Crippen LogP contribution in [0.3, 0.4) is 0 Å². The van der Waals surface area contributed by atoms with Gasteiger partial charge >= 0.3 is 5.69 Å². The highest BCUT2D eigenvalue weighted by molar-refractivity contribution is 5.93. The Labute approximate surface area is 125 Å². The number of nitriles is 1. The molecule has 2 rings (SSSR count). The summed E-state index contributed by atoms with van der Waals surface area (Å²) in [6, 6.07) is 14.2. The summed E-state index contributed by atoms with van der Waals surface area (Å²) in [5.41, 5.74) is 0.468. The smallest absolute Gasteiger partial charge is 0.310 e. The maximum atomic E-state index is 11.8. The molecule has 1 N–H and O–H groups in total. The maximum Gasteiger partial charge on any atom is 0.310 e. The van der Waals surface area contributed by atoms with Crippen molar-refractivity contribution in [2.45, 2.75) is 0 Å². The van der Waals surface area contributed by atoms with E-state index < -0.39 is 17.4 Å². The monoisotopic (exact) mass is 297 g/mol.